The monoisotopic (exact) mass is 489 g/mol. The van der Waals surface area contributed by atoms with Crippen molar-refractivity contribution in [3.8, 4) is 22.7 Å². The van der Waals surface area contributed by atoms with Crippen molar-refractivity contribution in [1.82, 2.24) is 15.1 Å². The number of ether oxygens (including phenoxy) is 2. The first-order valence-corrected chi connectivity index (χ1v) is 11.6. The lowest BCUT2D eigenvalue weighted by Gasteiger charge is -2.05. The van der Waals surface area contributed by atoms with Gasteiger partial charge in [0.2, 0.25) is 11.7 Å². The van der Waals surface area contributed by atoms with Gasteiger partial charge in [0.25, 0.3) is 0 Å². The van der Waals surface area contributed by atoms with E-state index in [9.17, 15) is 14.4 Å². The first-order valence-electron chi connectivity index (χ1n) is 10.8. The van der Waals surface area contributed by atoms with Crippen LogP contribution in [0.1, 0.15) is 31.8 Å². The molecule has 0 atom stereocenters. The number of Topliss-reactive ketones (excluding diaryl/α,β-unsaturated/α-hetero) is 1. The summed E-state index contributed by atoms with van der Waals surface area (Å²) >= 11 is 1.25. The van der Waals surface area contributed by atoms with Crippen LogP contribution in [0.15, 0.2) is 72.9 Å². The van der Waals surface area contributed by atoms with Crippen LogP contribution in [0.4, 0.5) is 0 Å². The number of methoxy groups -OCH3 is 1. The average molecular weight is 490 g/mol. The predicted molar refractivity (Wildman–Crippen MR) is 132 cm³/mol. The van der Waals surface area contributed by atoms with Gasteiger partial charge in [0.1, 0.15) is 17.0 Å². The molecule has 178 valence electrons. The molecule has 0 unspecified atom stereocenters. The second kappa shape index (κ2) is 10.8. The van der Waals surface area contributed by atoms with Crippen LogP contribution in [0.2, 0.25) is 0 Å². The summed E-state index contributed by atoms with van der Waals surface area (Å²) in [5.41, 5.74) is 2.16. The lowest BCUT2D eigenvalue weighted by molar-refractivity contribution is -0.119. The van der Waals surface area contributed by atoms with Crippen molar-refractivity contribution < 1.29 is 23.9 Å². The largest absolute Gasteiger partial charge is 0.497 e. The number of thiophene rings is 1. The third-order valence-electron chi connectivity index (χ3n) is 5.10. The molecule has 2 aromatic carbocycles. The highest BCUT2D eigenvalue weighted by Crippen LogP contribution is 2.26. The van der Waals surface area contributed by atoms with Crippen molar-refractivity contribution in [3.63, 3.8) is 0 Å². The zero-order valence-electron chi connectivity index (χ0n) is 19.2. The van der Waals surface area contributed by atoms with Crippen molar-refractivity contribution in [3.05, 3.63) is 88.2 Å². The van der Waals surface area contributed by atoms with Gasteiger partial charge < -0.3 is 14.8 Å². The van der Waals surface area contributed by atoms with E-state index in [0.717, 1.165) is 10.6 Å². The van der Waals surface area contributed by atoms with E-state index in [1.54, 1.807) is 54.4 Å². The number of carbonyl (C=O) groups is 3. The smallest absolute Gasteiger partial charge is 0.342 e. The van der Waals surface area contributed by atoms with Gasteiger partial charge >= 0.3 is 5.97 Å². The fourth-order valence-corrected chi connectivity index (χ4v) is 4.18. The number of esters is 1. The number of hydrogen-bond acceptors (Lipinski definition) is 7. The normalized spacial score (nSPS) is 10.6. The molecule has 0 fully saturated rings. The fraction of sp³-hybridized carbons (Fsp3) is 0.154. The molecule has 0 aliphatic heterocycles. The zero-order chi connectivity index (χ0) is 24.8. The molecule has 0 saturated carbocycles. The summed E-state index contributed by atoms with van der Waals surface area (Å²) in [6, 6.07) is 20.0. The Hall–Kier alpha value is -4.24. The number of benzene rings is 2. The van der Waals surface area contributed by atoms with Crippen molar-refractivity contribution in [2.75, 3.05) is 13.7 Å². The second-order valence-electron chi connectivity index (χ2n) is 7.58. The Morgan fingerprint density at radius 2 is 1.74 bits per heavy atom. The summed E-state index contributed by atoms with van der Waals surface area (Å²) in [6.07, 6.45) is 1.60. The van der Waals surface area contributed by atoms with Gasteiger partial charge in [-0.25, -0.2) is 9.48 Å². The van der Waals surface area contributed by atoms with Gasteiger partial charge in [-0.15, -0.1) is 11.3 Å². The molecule has 0 aliphatic carbocycles. The highest BCUT2D eigenvalue weighted by atomic mass is 32.1. The minimum Gasteiger partial charge on any atom is -0.497 e. The zero-order valence-corrected chi connectivity index (χ0v) is 20.0. The first-order chi connectivity index (χ1) is 16.9. The molecule has 9 heteroatoms. The Bertz CT molecular complexity index is 1340. The van der Waals surface area contributed by atoms with E-state index in [1.807, 2.05) is 30.3 Å². The maximum absolute atomic E-state index is 13.0. The van der Waals surface area contributed by atoms with E-state index in [1.165, 1.54) is 18.3 Å². The lowest BCUT2D eigenvalue weighted by Crippen LogP contribution is -2.18. The highest BCUT2D eigenvalue weighted by Gasteiger charge is 2.22. The molecule has 0 saturated heterocycles. The number of nitrogens with zero attached hydrogens (tertiary/aromatic N) is 2. The van der Waals surface area contributed by atoms with Crippen LogP contribution in [0.25, 0.3) is 16.9 Å². The lowest BCUT2D eigenvalue weighted by atomic mass is 10.1. The standard InChI is InChI=1S/C26H23N3O5S/c1-17(30)27-14-21-12-13-24(35-21)23(31)16-34-26(32)22-15-29(19-6-4-3-5-7-19)28-25(22)18-8-10-20(33-2)11-9-18/h3-13,15H,14,16H2,1-2H3,(H,27,30). The van der Waals surface area contributed by atoms with Gasteiger partial charge in [0, 0.05) is 23.6 Å². The quantitative estimate of drug-likeness (QED) is 0.278. The third-order valence-corrected chi connectivity index (χ3v) is 6.23. The summed E-state index contributed by atoms with van der Waals surface area (Å²) in [5.74, 6) is -0.441. The maximum atomic E-state index is 13.0. The molecule has 2 heterocycles. The van der Waals surface area contributed by atoms with Crippen molar-refractivity contribution in [1.29, 1.82) is 0 Å². The topological polar surface area (TPSA) is 99.5 Å². The summed E-state index contributed by atoms with van der Waals surface area (Å²) < 4.78 is 12.2. The number of amides is 1. The minimum absolute atomic E-state index is 0.149. The Kier molecular flexibility index (Phi) is 7.37. The van der Waals surface area contributed by atoms with Crippen LogP contribution in [-0.4, -0.2) is 41.2 Å². The molecule has 4 rings (SSSR count). The van der Waals surface area contributed by atoms with Gasteiger partial charge in [-0.05, 0) is 48.5 Å². The Morgan fingerprint density at radius 1 is 1.00 bits per heavy atom. The third kappa shape index (κ3) is 5.82. The van der Waals surface area contributed by atoms with E-state index in [4.69, 9.17) is 9.47 Å². The molecular weight excluding hydrogens is 466 g/mol. The van der Waals surface area contributed by atoms with Crippen molar-refractivity contribution in [2.45, 2.75) is 13.5 Å². The molecule has 1 N–H and O–H groups in total. The van der Waals surface area contributed by atoms with Gasteiger partial charge in [-0.3, -0.25) is 9.59 Å². The summed E-state index contributed by atoms with van der Waals surface area (Å²) in [5, 5.41) is 7.30. The minimum atomic E-state index is -0.652. The van der Waals surface area contributed by atoms with Gasteiger partial charge in [0.05, 0.1) is 24.2 Å². The number of rotatable bonds is 9. The number of ketones is 1. The van der Waals surface area contributed by atoms with Crippen LogP contribution < -0.4 is 10.1 Å². The molecule has 0 radical (unpaired) electrons. The van der Waals surface area contributed by atoms with Gasteiger partial charge in [0.15, 0.2) is 6.61 Å². The van der Waals surface area contributed by atoms with Crippen molar-refractivity contribution in [2.24, 2.45) is 0 Å². The van der Waals surface area contributed by atoms with Crippen LogP contribution in [0, 0.1) is 0 Å². The predicted octanol–water partition coefficient (Wildman–Crippen LogP) is 4.29. The molecule has 1 amide bonds. The van der Waals surface area contributed by atoms with Gasteiger partial charge in [-0.1, -0.05) is 18.2 Å². The fourth-order valence-electron chi connectivity index (χ4n) is 3.31. The summed E-state index contributed by atoms with van der Waals surface area (Å²) in [6.45, 7) is 1.37. The highest BCUT2D eigenvalue weighted by molar-refractivity contribution is 7.14. The number of carbonyl (C=O) groups excluding carboxylic acids is 3. The van der Waals surface area contributed by atoms with Crippen molar-refractivity contribution >= 4 is 29.0 Å². The number of para-hydroxylation sites is 1. The van der Waals surface area contributed by atoms with E-state index in [0.29, 0.717) is 28.4 Å². The van der Waals surface area contributed by atoms with Crippen LogP contribution in [-0.2, 0) is 16.1 Å². The molecule has 2 aromatic heterocycles. The molecule has 35 heavy (non-hydrogen) atoms. The van der Waals surface area contributed by atoms with E-state index in [-0.39, 0.29) is 17.3 Å². The summed E-state index contributed by atoms with van der Waals surface area (Å²) in [7, 11) is 1.58. The van der Waals surface area contributed by atoms with E-state index in [2.05, 4.69) is 10.4 Å². The Morgan fingerprint density at radius 3 is 2.43 bits per heavy atom. The Labute approximate surface area is 206 Å². The number of nitrogens with one attached hydrogen (secondary N) is 1. The number of hydrogen-bond donors (Lipinski definition) is 1. The average Bonchev–Trinajstić information content (AvgIpc) is 3.54. The van der Waals surface area contributed by atoms with Crippen LogP contribution in [0.5, 0.6) is 5.75 Å². The van der Waals surface area contributed by atoms with E-state index < -0.39 is 12.6 Å². The Balaban J connectivity index is 1.53. The molecular formula is C26H23N3O5S. The SMILES string of the molecule is COc1ccc(-c2nn(-c3ccccc3)cc2C(=O)OCC(=O)c2ccc(CNC(C)=O)s2)cc1. The van der Waals surface area contributed by atoms with E-state index >= 15 is 0 Å². The molecule has 4 aromatic rings. The molecule has 8 nitrogen and oxygen atoms in total. The van der Waals surface area contributed by atoms with Gasteiger partial charge in [-0.2, -0.15) is 5.10 Å². The maximum Gasteiger partial charge on any atom is 0.342 e. The number of aromatic nitrogens is 2. The first kappa shape index (κ1) is 23.9. The second-order valence-corrected chi connectivity index (χ2v) is 8.74. The van der Waals surface area contributed by atoms with Crippen LogP contribution in [0.3, 0.4) is 0 Å². The molecule has 0 spiro atoms. The van der Waals surface area contributed by atoms with Crippen LogP contribution >= 0.6 is 11.3 Å². The molecule has 0 aliphatic rings. The summed E-state index contributed by atoms with van der Waals surface area (Å²) in [4.78, 5) is 38.0. The molecule has 0 bridgehead atoms.